The predicted octanol–water partition coefficient (Wildman–Crippen LogP) is 5.16. The number of hydrogen-bond donors (Lipinski definition) is 1. The Balaban J connectivity index is 2.09. The van der Waals surface area contributed by atoms with E-state index in [4.69, 9.17) is 34.8 Å². The lowest BCUT2D eigenvalue weighted by atomic mass is 10.2. The van der Waals surface area contributed by atoms with Crippen molar-refractivity contribution in [3.05, 3.63) is 57.0 Å². The summed E-state index contributed by atoms with van der Waals surface area (Å²) in [5.41, 5.74) is 5.46. The van der Waals surface area contributed by atoms with Crippen molar-refractivity contribution in [2.45, 2.75) is 0 Å². The molecule has 2 aromatic carbocycles. The van der Waals surface area contributed by atoms with Gasteiger partial charge >= 0.3 is 0 Å². The Morgan fingerprint density at radius 3 is 2.10 bits per heavy atom. The Hall–Kier alpha value is -1.42. The molecule has 110 valence electrons. The van der Waals surface area contributed by atoms with Crippen LogP contribution in [0.3, 0.4) is 0 Å². The minimum Gasteiger partial charge on any atom is -0.378 e. The number of halogens is 3. The van der Waals surface area contributed by atoms with Crippen LogP contribution in [0.4, 0.5) is 11.4 Å². The van der Waals surface area contributed by atoms with E-state index < -0.39 is 0 Å². The molecule has 0 aliphatic carbocycles. The van der Waals surface area contributed by atoms with Crippen LogP contribution in [0.5, 0.6) is 0 Å². The first-order valence-electron chi connectivity index (χ1n) is 6.18. The average Bonchev–Trinajstić information content (AvgIpc) is 2.42. The fraction of sp³-hybridized carbons (Fsp3) is 0.133. The van der Waals surface area contributed by atoms with Gasteiger partial charge in [0.25, 0.3) is 0 Å². The number of rotatable bonds is 4. The van der Waals surface area contributed by atoms with Gasteiger partial charge in [-0.1, -0.05) is 46.9 Å². The van der Waals surface area contributed by atoms with Crippen LogP contribution < -0.4 is 10.3 Å². The van der Waals surface area contributed by atoms with E-state index >= 15 is 0 Å². The van der Waals surface area contributed by atoms with Crippen molar-refractivity contribution in [1.29, 1.82) is 0 Å². The van der Waals surface area contributed by atoms with E-state index in [1.165, 1.54) is 0 Å². The summed E-state index contributed by atoms with van der Waals surface area (Å²) in [6.07, 6.45) is 1.70. The summed E-state index contributed by atoms with van der Waals surface area (Å²) in [6, 6.07) is 11.2. The zero-order valence-electron chi connectivity index (χ0n) is 11.6. The first-order chi connectivity index (χ1) is 9.97. The van der Waals surface area contributed by atoms with Crippen molar-refractivity contribution in [2.75, 3.05) is 24.4 Å². The van der Waals surface area contributed by atoms with Gasteiger partial charge in [-0.3, -0.25) is 5.43 Å². The third kappa shape index (κ3) is 4.27. The smallest absolute Gasteiger partial charge is 0.0935 e. The summed E-state index contributed by atoms with van der Waals surface area (Å²) < 4.78 is 0. The second-order valence-corrected chi connectivity index (χ2v) is 5.85. The fourth-order valence-corrected chi connectivity index (χ4v) is 2.58. The predicted molar refractivity (Wildman–Crippen MR) is 93.5 cm³/mol. The molecular weight excluding hydrogens is 329 g/mol. The molecule has 0 radical (unpaired) electrons. The summed E-state index contributed by atoms with van der Waals surface area (Å²) in [7, 11) is 3.99. The molecule has 2 aromatic rings. The first kappa shape index (κ1) is 16.0. The maximum absolute atomic E-state index is 6.06. The summed E-state index contributed by atoms with van der Waals surface area (Å²) in [6.45, 7) is 0. The molecular formula is C15H14Cl3N3. The molecule has 21 heavy (non-hydrogen) atoms. The first-order valence-corrected chi connectivity index (χ1v) is 7.32. The molecule has 0 fully saturated rings. The Morgan fingerprint density at radius 2 is 1.57 bits per heavy atom. The van der Waals surface area contributed by atoms with Gasteiger partial charge in [-0.15, -0.1) is 0 Å². The summed E-state index contributed by atoms with van der Waals surface area (Å²) >= 11 is 18.0. The lowest BCUT2D eigenvalue weighted by Crippen LogP contribution is -2.08. The van der Waals surface area contributed by atoms with Gasteiger partial charge in [-0.25, -0.2) is 0 Å². The average molecular weight is 343 g/mol. The summed E-state index contributed by atoms with van der Waals surface area (Å²) in [4.78, 5) is 2.03. The van der Waals surface area contributed by atoms with Crippen molar-refractivity contribution in [3.63, 3.8) is 0 Å². The zero-order valence-corrected chi connectivity index (χ0v) is 13.8. The second kappa shape index (κ2) is 7.03. The van der Waals surface area contributed by atoms with E-state index in [9.17, 15) is 0 Å². The van der Waals surface area contributed by atoms with Crippen LogP contribution in [0.25, 0.3) is 0 Å². The number of benzene rings is 2. The molecule has 1 N–H and O–H groups in total. The van der Waals surface area contributed by atoms with Crippen LogP contribution in [0.15, 0.2) is 41.5 Å². The van der Waals surface area contributed by atoms with Crippen molar-refractivity contribution in [3.8, 4) is 0 Å². The van der Waals surface area contributed by atoms with Crippen LogP contribution in [-0.4, -0.2) is 20.3 Å². The number of nitrogens with zero attached hydrogens (tertiary/aromatic N) is 2. The maximum Gasteiger partial charge on any atom is 0.0935 e. The standard InChI is InChI=1S/C15H14Cl3N3/c1-21(2)12-5-3-10(4-6-12)9-19-20-15-13(17)7-11(16)8-14(15)18/h3-9,20H,1-2H3/b19-9-. The van der Waals surface area contributed by atoms with Crippen molar-refractivity contribution >= 4 is 52.4 Å². The molecule has 0 heterocycles. The Morgan fingerprint density at radius 1 is 1.00 bits per heavy atom. The topological polar surface area (TPSA) is 27.6 Å². The fourth-order valence-electron chi connectivity index (χ4n) is 1.68. The summed E-state index contributed by atoms with van der Waals surface area (Å²) in [5.74, 6) is 0. The highest BCUT2D eigenvalue weighted by molar-refractivity contribution is 6.41. The molecule has 0 amide bonds. The SMILES string of the molecule is CN(C)c1ccc(/C=N\Nc2c(Cl)cc(Cl)cc2Cl)cc1. The minimum atomic E-state index is 0.424. The van der Waals surface area contributed by atoms with E-state index in [0.717, 1.165) is 11.3 Å². The molecule has 0 aliphatic rings. The number of hydrazone groups is 1. The van der Waals surface area contributed by atoms with Crippen molar-refractivity contribution in [1.82, 2.24) is 0 Å². The van der Waals surface area contributed by atoms with Gasteiger partial charge < -0.3 is 4.90 Å². The third-order valence-electron chi connectivity index (χ3n) is 2.81. The molecule has 0 saturated heterocycles. The van der Waals surface area contributed by atoms with Gasteiger partial charge in [0, 0.05) is 24.8 Å². The van der Waals surface area contributed by atoms with Crippen LogP contribution in [-0.2, 0) is 0 Å². The summed E-state index contributed by atoms with van der Waals surface area (Å²) in [5, 5.41) is 5.47. The van der Waals surface area contributed by atoms with Gasteiger partial charge in [-0.05, 0) is 29.8 Å². The minimum absolute atomic E-state index is 0.424. The maximum atomic E-state index is 6.06. The zero-order chi connectivity index (χ0) is 15.4. The number of anilines is 2. The Bertz CT molecular complexity index is 629. The molecule has 0 aliphatic heterocycles. The van der Waals surface area contributed by atoms with E-state index in [-0.39, 0.29) is 0 Å². The molecule has 0 unspecified atom stereocenters. The lowest BCUT2D eigenvalue weighted by molar-refractivity contribution is 1.13. The van der Waals surface area contributed by atoms with Crippen molar-refractivity contribution < 1.29 is 0 Å². The number of hydrogen-bond acceptors (Lipinski definition) is 3. The highest BCUT2D eigenvalue weighted by atomic mass is 35.5. The van der Waals surface area contributed by atoms with E-state index in [1.807, 2.05) is 43.3 Å². The second-order valence-electron chi connectivity index (χ2n) is 4.60. The van der Waals surface area contributed by atoms with E-state index in [0.29, 0.717) is 20.8 Å². The monoisotopic (exact) mass is 341 g/mol. The highest BCUT2D eigenvalue weighted by Crippen LogP contribution is 2.33. The van der Waals surface area contributed by atoms with Gasteiger partial charge in [0.2, 0.25) is 0 Å². The molecule has 0 spiro atoms. The molecule has 0 aromatic heterocycles. The highest BCUT2D eigenvalue weighted by Gasteiger charge is 2.06. The molecule has 0 bridgehead atoms. The largest absolute Gasteiger partial charge is 0.378 e. The quantitative estimate of drug-likeness (QED) is 0.614. The molecule has 0 atom stereocenters. The Kier molecular flexibility index (Phi) is 5.34. The van der Waals surface area contributed by atoms with Gasteiger partial charge in [0.05, 0.1) is 21.9 Å². The van der Waals surface area contributed by atoms with Gasteiger partial charge in [0.15, 0.2) is 0 Å². The van der Waals surface area contributed by atoms with Crippen LogP contribution in [0.2, 0.25) is 15.1 Å². The molecule has 0 saturated carbocycles. The molecule has 2 rings (SSSR count). The molecule has 3 nitrogen and oxygen atoms in total. The lowest BCUT2D eigenvalue weighted by Gasteiger charge is -2.11. The van der Waals surface area contributed by atoms with Crippen LogP contribution in [0, 0.1) is 0 Å². The van der Waals surface area contributed by atoms with Crippen molar-refractivity contribution in [2.24, 2.45) is 5.10 Å². The Labute approximate surface area is 139 Å². The van der Waals surface area contributed by atoms with Gasteiger partial charge in [0.1, 0.15) is 0 Å². The van der Waals surface area contributed by atoms with Gasteiger partial charge in [-0.2, -0.15) is 5.10 Å². The third-order valence-corrected chi connectivity index (χ3v) is 3.62. The normalized spacial score (nSPS) is 10.9. The van der Waals surface area contributed by atoms with E-state index in [1.54, 1.807) is 18.3 Å². The number of nitrogens with one attached hydrogen (secondary N) is 1. The van der Waals surface area contributed by atoms with Crippen LogP contribution >= 0.6 is 34.8 Å². The van der Waals surface area contributed by atoms with Crippen LogP contribution in [0.1, 0.15) is 5.56 Å². The molecule has 6 heteroatoms. The van der Waals surface area contributed by atoms with E-state index in [2.05, 4.69) is 10.5 Å².